The lowest BCUT2D eigenvalue weighted by Crippen LogP contribution is -2.55. The lowest BCUT2D eigenvalue weighted by Gasteiger charge is -2.39. The molecule has 14 heteroatoms. The number of aromatic nitrogens is 5. The van der Waals surface area contributed by atoms with Crippen molar-refractivity contribution < 1.29 is 26.5 Å². The number of nitrogens with one attached hydrogen (secondary N) is 1. The SMILES string of the molecule is CC1CCCN(c2nc(-c3cc(-c4ccon4)n(Cc4ccccc4F)n3)ncc2F)C1C(=O)NS(=O)(=O)C1CC1. The Labute approximate surface area is 234 Å². The number of benzene rings is 1. The summed E-state index contributed by atoms with van der Waals surface area (Å²) < 4.78 is 63.4. The molecule has 0 spiro atoms. The van der Waals surface area contributed by atoms with Crippen LogP contribution in [-0.4, -0.2) is 57.1 Å². The van der Waals surface area contributed by atoms with Crippen LogP contribution in [0.1, 0.15) is 38.2 Å². The lowest BCUT2D eigenvalue weighted by molar-refractivity contribution is -0.122. The van der Waals surface area contributed by atoms with Crippen LogP contribution in [0.5, 0.6) is 0 Å². The average molecular weight is 584 g/mol. The first-order valence-corrected chi connectivity index (χ1v) is 14.8. The zero-order valence-corrected chi connectivity index (χ0v) is 22.9. The maximum atomic E-state index is 15.2. The molecule has 2 fully saturated rings. The van der Waals surface area contributed by atoms with Crippen molar-refractivity contribution in [2.75, 3.05) is 11.4 Å². The second kappa shape index (κ2) is 10.7. The molecule has 1 N–H and O–H groups in total. The van der Waals surface area contributed by atoms with Gasteiger partial charge in [0.1, 0.15) is 29.5 Å². The van der Waals surface area contributed by atoms with Crippen molar-refractivity contribution in [2.45, 2.75) is 50.4 Å². The second-order valence-corrected chi connectivity index (χ2v) is 12.3. The molecule has 1 aliphatic carbocycles. The van der Waals surface area contributed by atoms with Crippen molar-refractivity contribution in [3.8, 4) is 22.9 Å². The highest BCUT2D eigenvalue weighted by atomic mass is 32.2. The van der Waals surface area contributed by atoms with E-state index in [0.717, 1.165) is 6.20 Å². The van der Waals surface area contributed by atoms with E-state index in [0.29, 0.717) is 49.2 Å². The third kappa shape index (κ3) is 5.43. The lowest BCUT2D eigenvalue weighted by atomic mass is 9.90. The first-order valence-electron chi connectivity index (χ1n) is 13.3. The molecule has 1 amide bonds. The van der Waals surface area contributed by atoms with Gasteiger partial charge in [-0.05, 0) is 43.7 Å². The summed E-state index contributed by atoms with van der Waals surface area (Å²) in [6, 6.07) is 8.63. The summed E-state index contributed by atoms with van der Waals surface area (Å²) in [7, 11) is -3.78. The third-order valence-electron chi connectivity index (χ3n) is 7.39. The van der Waals surface area contributed by atoms with Crippen LogP contribution >= 0.6 is 0 Å². The Morgan fingerprint density at radius 1 is 1.12 bits per heavy atom. The molecule has 2 aliphatic rings. The van der Waals surface area contributed by atoms with Gasteiger partial charge in [0.15, 0.2) is 17.5 Å². The number of hydrogen-bond donors (Lipinski definition) is 1. The zero-order chi connectivity index (χ0) is 28.7. The number of hydrogen-bond acceptors (Lipinski definition) is 9. The molecule has 6 rings (SSSR count). The molecular weight excluding hydrogens is 556 g/mol. The smallest absolute Gasteiger partial charge is 0.256 e. The summed E-state index contributed by atoms with van der Waals surface area (Å²) in [5.41, 5.74) is 1.61. The van der Waals surface area contributed by atoms with Gasteiger partial charge in [0.25, 0.3) is 5.91 Å². The van der Waals surface area contributed by atoms with Gasteiger partial charge in [-0.2, -0.15) is 5.10 Å². The van der Waals surface area contributed by atoms with Crippen LogP contribution in [0.15, 0.2) is 53.4 Å². The molecule has 1 saturated carbocycles. The zero-order valence-electron chi connectivity index (χ0n) is 22.1. The number of rotatable bonds is 8. The fraction of sp³-hybridized carbons (Fsp3) is 0.370. The number of halogens is 2. The Hall–Kier alpha value is -4.20. The molecular formula is C27H27F2N7O4S. The largest absolute Gasteiger partial charge is 0.364 e. The second-order valence-electron chi connectivity index (χ2n) is 10.4. The Bertz CT molecular complexity index is 1690. The normalized spacial score (nSPS) is 19.3. The summed E-state index contributed by atoms with van der Waals surface area (Å²) >= 11 is 0. The molecule has 2 atom stereocenters. The van der Waals surface area contributed by atoms with E-state index in [1.54, 1.807) is 30.3 Å². The Morgan fingerprint density at radius 2 is 1.93 bits per heavy atom. The van der Waals surface area contributed by atoms with Crippen LogP contribution in [0.3, 0.4) is 0 Å². The molecule has 2 unspecified atom stereocenters. The quantitative estimate of drug-likeness (QED) is 0.330. The molecule has 214 valence electrons. The minimum Gasteiger partial charge on any atom is -0.364 e. The van der Waals surface area contributed by atoms with Gasteiger partial charge in [-0.25, -0.2) is 27.2 Å². The Kier molecular flexibility index (Phi) is 7.01. The summed E-state index contributed by atoms with van der Waals surface area (Å²) in [5.74, 6) is -2.17. The highest BCUT2D eigenvalue weighted by Gasteiger charge is 2.42. The topological polar surface area (TPSA) is 136 Å². The number of piperidine rings is 1. The minimum atomic E-state index is -3.78. The van der Waals surface area contributed by atoms with Crippen molar-refractivity contribution in [3.63, 3.8) is 0 Å². The van der Waals surface area contributed by atoms with Crippen molar-refractivity contribution in [1.82, 2.24) is 29.6 Å². The number of nitrogens with zero attached hydrogens (tertiary/aromatic N) is 6. The summed E-state index contributed by atoms with van der Waals surface area (Å²) in [5, 5.41) is 7.98. The van der Waals surface area contributed by atoms with Gasteiger partial charge < -0.3 is 9.42 Å². The van der Waals surface area contributed by atoms with E-state index in [2.05, 4.69) is 24.9 Å². The van der Waals surface area contributed by atoms with E-state index in [-0.39, 0.29) is 29.8 Å². The highest BCUT2D eigenvalue weighted by molar-refractivity contribution is 7.90. The molecule has 0 bridgehead atoms. The van der Waals surface area contributed by atoms with E-state index < -0.39 is 38.9 Å². The van der Waals surface area contributed by atoms with Crippen LogP contribution in [0, 0.1) is 17.6 Å². The molecule has 11 nitrogen and oxygen atoms in total. The number of carbonyl (C=O) groups excluding carboxylic acids is 1. The Morgan fingerprint density at radius 3 is 2.66 bits per heavy atom. The number of anilines is 1. The van der Waals surface area contributed by atoms with E-state index in [1.807, 2.05) is 6.92 Å². The Balaban J connectivity index is 1.36. The van der Waals surface area contributed by atoms with Crippen LogP contribution in [0.25, 0.3) is 22.9 Å². The number of sulfonamides is 1. The van der Waals surface area contributed by atoms with E-state index in [4.69, 9.17) is 4.52 Å². The molecule has 4 heterocycles. The molecule has 1 aromatic carbocycles. The van der Waals surface area contributed by atoms with Crippen LogP contribution in [0.2, 0.25) is 0 Å². The van der Waals surface area contributed by atoms with Crippen molar-refractivity contribution in [2.24, 2.45) is 5.92 Å². The van der Waals surface area contributed by atoms with Gasteiger partial charge in [-0.15, -0.1) is 0 Å². The average Bonchev–Trinajstić information content (AvgIpc) is 3.53. The fourth-order valence-corrected chi connectivity index (χ4v) is 6.48. The van der Waals surface area contributed by atoms with Gasteiger partial charge in [0, 0.05) is 18.2 Å². The molecule has 4 aromatic rings. The highest BCUT2D eigenvalue weighted by Crippen LogP contribution is 2.33. The first kappa shape index (κ1) is 27.0. The summed E-state index contributed by atoms with van der Waals surface area (Å²) in [6.45, 7) is 2.20. The van der Waals surface area contributed by atoms with Gasteiger partial charge in [0.05, 0.1) is 23.7 Å². The number of amides is 1. The van der Waals surface area contributed by atoms with Crippen molar-refractivity contribution >= 4 is 21.7 Å². The van der Waals surface area contributed by atoms with E-state index in [9.17, 15) is 17.6 Å². The fourth-order valence-electron chi connectivity index (χ4n) is 5.16. The molecule has 1 saturated heterocycles. The third-order valence-corrected chi connectivity index (χ3v) is 9.23. The molecule has 3 aromatic heterocycles. The monoisotopic (exact) mass is 583 g/mol. The van der Waals surface area contributed by atoms with E-state index in [1.165, 1.54) is 21.9 Å². The van der Waals surface area contributed by atoms with Crippen LogP contribution in [-0.2, 0) is 21.4 Å². The first-order chi connectivity index (χ1) is 19.7. The van der Waals surface area contributed by atoms with Gasteiger partial charge in [-0.3, -0.25) is 14.2 Å². The predicted molar refractivity (Wildman–Crippen MR) is 144 cm³/mol. The van der Waals surface area contributed by atoms with Crippen LogP contribution < -0.4 is 9.62 Å². The molecule has 1 aliphatic heterocycles. The van der Waals surface area contributed by atoms with Gasteiger partial charge in [0.2, 0.25) is 10.0 Å². The molecule has 0 radical (unpaired) electrons. The van der Waals surface area contributed by atoms with Crippen LogP contribution in [0.4, 0.5) is 14.6 Å². The van der Waals surface area contributed by atoms with E-state index >= 15 is 4.39 Å². The van der Waals surface area contributed by atoms with Gasteiger partial charge in [-0.1, -0.05) is 30.3 Å². The van der Waals surface area contributed by atoms with Crippen molar-refractivity contribution in [1.29, 1.82) is 0 Å². The predicted octanol–water partition coefficient (Wildman–Crippen LogP) is 3.53. The number of carbonyl (C=O) groups is 1. The summed E-state index contributed by atoms with van der Waals surface area (Å²) in [4.78, 5) is 23.3. The maximum absolute atomic E-state index is 15.2. The molecule has 41 heavy (non-hydrogen) atoms. The van der Waals surface area contributed by atoms with Gasteiger partial charge >= 0.3 is 0 Å². The standard InChI is InChI=1S/C27H27F2N7O4S/c1-16-5-4-11-35(24(16)27(37)34-41(38,39)18-8-9-18)26-20(29)14-30-25(31-26)22-13-23(21-10-12-40-33-21)36(32-22)15-17-6-2-3-7-19(17)28/h2-3,6-7,10,12-14,16,18,24H,4-5,8-9,11,15H2,1H3,(H,34,37). The minimum absolute atomic E-state index is 0.0708. The summed E-state index contributed by atoms with van der Waals surface area (Å²) in [6.07, 6.45) is 4.74. The maximum Gasteiger partial charge on any atom is 0.256 e. The van der Waals surface area contributed by atoms with Crippen molar-refractivity contribution in [3.05, 3.63) is 66.1 Å².